The lowest BCUT2D eigenvalue weighted by Gasteiger charge is -2.32. The largest absolute Gasteiger partial charge is 0.493 e. The average Bonchev–Trinajstić information content (AvgIpc) is 3.73. The summed E-state index contributed by atoms with van der Waals surface area (Å²) >= 11 is 6.04. The molecule has 0 unspecified atom stereocenters. The molecule has 2 fully saturated rings. The standard InChI is InChI=1S/C25H27ClF4N2O4.C2H6/c1-34-24(33)19-9-18(17-2-3-17)22(10-21(19)27)35-13-15-4-6-32(7-5-15)12-16-8-20(26)23(31-11-16)36-14-25(28,29)30;1-2/h8-11,15,17H,2-7,12-14H2,1H3;1-2H3. The van der Waals surface area contributed by atoms with Gasteiger partial charge in [0.25, 0.3) is 0 Å². The summed E-state index contributed by atoms with van der Waals surface area (Å²) < 4.78 is 66.8. The molecule has 0 N–H and O–H groups in total. The highest BCUT2D eigenvalue weighted by atomic mass is 35.5. The Balaban J connectivity index is 0.00000195. The molecular weight excluding hydrogens is 528 g/mol. The number of aromatic nitrogens is 1. The summed E-state index contributed by atoms with van der Waals surface area (Å²) in [6.45, 7) is 5.15. The molecule has 0 radical (unpaired) electrons. The van der Waals surface area contributed by atoms with Crippen molar-refractivity contribution >= 4 is 17.6 Å². The van der Waals surface area contributed by atoms with E-state index >= 15 is 0 Å². The Kier molecular flexibility index (Phi) is 10.6. The molecule has 2 aromatic rings. The molecule has 0 bridgehead atoms. The lowest BCUT2D eigenvalue weighted by molar-refractivity contribution is -0.154. The molecule has 2 aliphatic rings. The minimum Gasteiger partial charge on any atom is -0.493 e. The second-order valence-corrected chi connectivity index (χ2v) is 9.61. The average molecular weight is 561 g/mol. The van der Waals surface area contributed by atoms with Crippen LogP contribution in [0.2, 0.25) is 5.02 Å². The maximum absolute atomic E-state index is 14.5. The van der Waals surface area contributed by atoms with Crippen molar-refractivity contribution in [2.75, 3.05) is 33.4 Å². The van der Waals surface area contributed by atoms with Crippen LogP contribution in [-0.4, -0.2) is 55.4 Å². The molecule has 11 heteroatoms. The number of pyridine rings is 1. The van der Waals surface area contributed by atoms with Gasteiger partial charge in [0.05, 0.1) is 19.3 Å². The van der Waals surface area contributed by atoms with Crippen LogP contribution < -0.4 is 9.47 Å². The summed E-state index contributed by atoms with van der Waals surface area (Å²) in [6, 6.07) is 4.41. The fraction of sp³-hybridized carbons (Fsp3) is 0.556. The summed E-state index contributed by atoms with van der Waals surface area (Å²) in [5.74, 6) is -0.548. The Morgan fingerprint density at radius 2 is 1.79 bits per heavy atom. The second kappa shape index (κ2) is 13.5. The maximum Gasteiger partial charge on any atom is 0.422 e. The number of rotatable bonds is 9. The zero-order chi connectivity index (χ0) is 27.9. The smallest absolute Gasteiger partial charge is 0.422 e. The van der Waals surface area contributed by atoms with Gasteiger partial charge in [0, 0.05) is 18.8 Å². The van der Waals surface area contributed by atoms with E-state index in [1.54, 1.807) is 12.1 Å². The van der Waals surface area contributed by atoms with Crippen molar-refractivity contribution in [3.63, 3.8) is 0 Å². The van der Waals surface area contributed by atoms with Gasteiger partial charge in [0.1, 0.15) is 16.6 Å². The number of hydrogen-bond acceptors (Lipinski definition) is 6. The summed E-state index contributed by atoms with van der Waals surface area (Å²) in [5, 5.41) is 0.0388. The van der Waals surface area contributed by atoms with Crippen LogP contribution in [0, 0.1) is 11.7 Å². The van der Waals surface area contributed by atoms with Crippen LogP contribution >= 0.6 is 11.6 Å². The Bertz CT molecular complexity index is 1090. The van der Waals surface area contributed by atoms with E-state index in [-0.39, 0.29) is 28.3 Å². The van der Waals surface area contributed by atoms with Crippen LogP contribution in [0.4, 0.5) is 17.6 Å². The minimum atomic E-state index is -4.46. The Hall–Kier alpha value is -2.59. The van der Waals surface area contributed by atoms with Crippen molar-refractivity contribution < 1.29 is 36.6 Å². The summed E-state index contributed by atoms with van der Waals surface area (Å²) in [6.07, 6.45) is 0.714. The summed E-state index contributed by atoms with van der Waals surface area (Å²) in [4.78, 5) is 18.0. The summed E-state index contributed by atoms with van der Waals surface area (Å²) in [5.41, 5.74) is 1.56. The molecule has 2 heterocycles. The first-order chi connectivity index (χ1) is 18.1. The van der Waals surface area contributed by atoms with Gasteiger partial charge in [0.2, 0.25) is 5.88 Å². The molecule has 1 saturated carbocycles. The first kappa shape index (κ1) is 30.0. The zero-order valence-corrected chi connectivity index (χ0v) is 22.5. The monoisotopic (exact) mass is 560 g/mol. The van der Waals surface area contributed by atoms with Gasteiger partial charge in [-0.15, -0.1) is 0 Å². The Morgan fingerprint density at radius 3 is 2.37 bits per heavy atom. The van der Waals surface area contributed by atoms with Gasteiger partial charge < -0.3 is 14.2 Å². The van der Waals surface area contributed by atoms with E-state index in [0.717, 1.165) is 49.9 Å². The normalized spacial score (nSPS) is 16.4. The van der Waals surface area contributed by atoms with Crippen LogP contribution in [0.5, 0.6) is 11.6 Å². The van der Waals surface area contributed by atoms with E-state index in [9.17, 15) is 22.4 Å². The van der Waals surface area contributed by atoms with Crippen LogP contribution in [0.1, 0.15) is 66.9 Å². The number of esters is 1. The van der Waals surface area contributed by atoms with Gasteiger partial charge in [-0.1, -0.05) is 25.4 Å². The number of piperidine rings is 1. The highest BCUT2D eigenvalue weighted by molar-refractivity contribution is 6.31. The topological polar surface area (TPSA) is 60.9 Å². The number of methoxy groups -OCH3 is 1. The Morgan fingerprint density at radius 1 is 1.11 bits per heavy atom. The number of ether oxygens (including phenoxy) is 3. The number of carbonyl (C=O) groups excluding carboxylic acids is 1. The third-order valence-corrected chi connectivity index (χ3v) is 6.62. The van der Waals surface area contributed by atoms with Crippen LogP contribution in [0.15, 0.2) is 24.4 Å². The first-order valence-corrected chi connectivity index (χ1v) is 13.1. The third-order valence-electron chi connectivity index (χ3n) is 6.35. The molecule has 0 atom stereocenters. The van der Waals surface area contributed by atoms with E-state index in [1.165, 1.54) is 19.4 Å². The molecule has 4 rings (SSSR count). The number of benzene rings is 1. The number of likely N-dealkylation sites (tertiary alicyclic amines) is 1. The predicted octanol–water partition coefficient (Wildman–Crippen LogP) is 6.80. The van der Waals surface area contributed by atoms with Crippen LogP contribution in [0.3, 0.4) is 0 Å². The number of alkyl halides is 3. The van der Waals surface area contributed by atoms with Crippen molar-refractivity contribution in [2.24, 2.45) is 5.92 Å². The third kappa shape index (κ3) is 8.46. The van der Waals surface area contributed by atoms with Gasteiger partial charge >= 0.3 is 12.1 Å². The molecule has 0 amide bonds. The molecule has 1 aromatic carbocycles. The van der Waals surface area contributed by atoms with Gasteiger partial charge in [-0.05, 0) is 73.9 Å². The van der Waals surface area contributed by atoms with Gasteiger partial charge in [-0.25, -0.2) is 14.2 Å². The van der Waals surface area contributed by atoms with E-state index < -0.39 is 24.6 Å². The van der Waals surface area contributed by atoms with E-state index in [1.807, 2.05) is 13.8 Å². The SMILES string of the molecule is CC.COC(=O)c1cc(C2CC2)c(OCC2CCN(Cc3cnc(OCC(F)(F)F)c(Cl)c3)CC2)cc1F. The quantitative estimate of drug-likeness (QED) is 0.248. The van der Waals surface area contributed by atoms with Gasteiger partial charge in [-0.3, -0.25) is 4.90 Å². The molecule has 0 spiro atoms. The predicted molar refractivity (Wildman–Crippen MR) is 135 cm³/mol. The second-order valence-electron chi connectivity index (χ2n) is 9.20. The van der Waals surface area contributed by atoms with E-state index in [0.29, 0.717) is 18.9 Å². The fourth-order valence-corrected chi connectivity index (χ4v) is 4.50. The lowest BCUT2D eigenvalue weighted by Crippen LogP contribution is -2.35. The van der Waals surface area contributed by atoms with E-state index in [2.05, 4.69) is 19.4 Å². The molecule has 38 heavy (non-hydrogen) atoms. The van der Waals surface area contributed by atoms with Crippen LogP contribution in [0.25, 0.3) is 0 Å². The molecule has 1 saturated heterocycles. The number of carbonyl (C=O) groups is 1. The van der Waals surface area contributed by atoms with Gasteiger partial charge in [0.15, 0.2) is 6.61 Å². The highest BCUT2D eigenvalue weighted by Crippen LogP contribution is 2.45. The van der Waals surface area contributed by atoms with Crippen molar-refractivity contribution in [2.45, 2.75) is 58.2 Å². The van der Waals surface area contributed by atoms with Crippen molar-refractivity contribution in [1.29, 1.82) is 0 Å². The highest BCUT2D eigenvalue weighted by Gasteiger charge is 2.31. The molecule has 1 aromatic heterocycles. The lowest BCUT2D eigenvalue weighted by atomic mass is 9.97. The number of halogens is 5. The molecule has 6 nitrogen and oxygen atoms in total. The molecular formula is C27H33ClF4N2O4. The van der Waals surface area contributed by atoms with Crippen molar-refractivity contribution in [3.05, 3.63) is 51.9 Å². The molecule has 210 valence electrons. The fourth-order valence-electron chi connectivity index (χ4n) is 4.26. The van der Waals surface area contributed by atoms with Gasteiger partial charge in [-0.2, -0.15) is 13.2 Å². The van der Waals surface area contributed by atoms with Crippen molar-refractivity contribution in [3.8, 4) is 11.6 Å². The Labute approximate surface area is 225 Å². The van der Waals surface area contributed by atoms with Crippen molar-refractivity contribution in [1.82, 2.24) is 9.88 Å². The van der Waals surface area contributed by atoms with E-state index in [4.69, 9.17) is 16.3 Å². The maximum atomic E-state index is 14.5. The number of nitrogens with zero attached hydrogens (tertiary/aromatic N) is 2. The molecule has 1 aliphatic heterocycles. The summed E-state index contributed by atoms with van der Waals surface area (Å²) in [7, 11) is 1.22. The first-order valence-electron chi connectivity index (χ1n) is 12.7. The van der Waals surface area contributed by atoms with Crippen LogP contribution in [-0.2, 0) is 11.3 Å². The molecule has 1 aliphatic carbocycles. The zero-order valence-electron chi connectivity index (χ0n) is 21.7. The minimum absolute atomic E-state index is 0.0388. The number of hydrogen-bond donors (Lipinski definition) is 0.